The zero-order valence-electron chi connectivity index (χ0n) is 10.8. The number of nitro benzene ring substituents is 1. The van der Waals surface area contributed by atoms with Gasteiger partial charge >= 0.3 is 0 Å². The number of nitro groups is 1. The maximum Gasteiger partial charge on any atom is 0.292 e. The number of rotatable bonds is 5. The van der Waals surface area contributed by atoms with Crippen LogP contribution in [0.3, 0.4) is 0 Å². The monoisotopic (exact) mass is 300 g/mol. The Hall–Kier alpha value is -0.940. The number of thioether (sulfide) groups is 1. The van der Waals surface area contributed by atoms with Crippen molar-refractivity contribution in [1.82, 2.24) is 0 Å². The predicted molar refractivity (Wildman–Crippen MR) is 81.3 cm³/mol. The average molecular weight is 301 g/mol. The fourth-order valence-corrected chi connectivity index (χ4v) is 3.86. The molecule has 2 unspecified atom stereocenters. The van der Waals surface area contributed by atoms with Crippen LogP contribution in [0.4, 0.5) is 11.4 Å². The van der Waals surface area contributed by atoms with E-state index >= 15 is 0 Å². The number of nitrogens with zero attached hydrogens (tertiary/aromatic N) is 1. The third-order valence-electron chi connectivity index (χ3n) is 3.33. The summed E-state index contributed by atoms with van der Waals surface area (Å²) in [5.74, 6) is 1.07. The number of hydrogen-bond donors (Lipinski definition) is 1. The van der Waals surface area contributed by atoms with E-state index in [0.717, 1.165) is 12.2 Å². The van der Waals surface area contributed by atoms with Crippen LogP contribution in [0, 0.1) is 10.1 Å². The molecule has 0 aromatic heterocycles. The molecule has 1 saturated carbocycles. The number of benzene rings is 1. The summed E-state index contributed by atoms with van der Waals surface area (Å²) < 4.78 is 0. The van der Waals surface area contributed by atoms with E-state index in [9.17, 15) is 10.1 Å². The molecule has 6 heteroatoms. The van der Waals surface area contributed by atoms with Crippen LogP contribution in [0.15, 0.2) is 18.2 Å². The Labute approximate surface area is 122 Å². The van der Waals surface area contributed by atoms with Crippen molar-refractivity contribution in [2.75, 3.05) is 11.1 Å². The molecule has 104 valence electrons. The first-order valence-electron chi connectivity index (χ1n) is 6.44. The molecule has 19 heavy (non-hydrogen) atoms. The highest BCUT2D eigenvalue weighted by Gasteiger charge is 2.28. The van der Waals surface area contributed by atoms with Crippen molar-refractivity contribution in [2.45, 2.75) is 37.5 Å². The molecule has 0 radical (unpaired) electrons. The van der Waals surface area contributed by atoms with Crippen LogP contribution in [-0.2, 0) is 0 Å². The third kappa shape index (κ3) is 3.54. The van der Waals surface area contributed by atoms with E-state index in [1.807, 2.05) is 11.8 Å². The summed E-state index contributed by atoms with van der Waals surface area (Å²) in [6.07, 6.45) is 3.40. The van der Waals surface area contributed by atoms with Crippen molar-refractivity contribution in [2.24, 2.45) is 0 Å². The first-order chi connectivity index (χ1) is 9.11. The van der Waals surface area contributed by atoms with Gasteiger partial charge in [-0.1, -0.05) is 24.9 Å². The van der Waals surface area contributed by atoms with Gasteiger partial charge < -0.3 is 5.32 Å². The largest absolute Gasteiger partial charge is 0.376 e. The van der Waals surface area contributed by atoms with Crippen molar-refractivity contribution in [3.8, 4) is 0 Å². The van der Waals surface area contributed by atoms with Crippen molar-refractivity contribution in [3.63, 3.8) is 0 Å². The highest BCUT2D eigenvalue weighted by Crippen LogP contribution is 2.35. The number of nitrogens with one attached hydrogen (secondary N) is 1. The van der Waals surface area contributed by atoms with E-state index in [-0.39, 0.29) is 10.6 Å². The molecule has 0 spiro atoms. The van der Waals surface area contributed by atoms with Crippen LogP contribution >= 0.6 is 23.4 Å². The number of anilines is 1. The van der Waals surface area contributed by atoms with Crippen LogP contribution in [0.1, 0.15) is 26.2 Å². The zero-order valence-corrected chi connectivity index (χ0v) is 12.3. The molecule has 2 rings (SSSR count). The van der Waals surface area contributed by atoms with Crippen LogP contribution in [0.5, 0.6) is 0 Å². The van der Waals surface area contributed by atoms with Crippen molar-refractivity contribution >= 4 is 34.7 Å². The molecule has 1 aromatic rings. The minimum Gasteiger partial charge on any atom is -0.376 e. The van der Waals surface area contributed by atoms with Gasteiger partial charge in [-0.2, -0.15) is 11.8 Å². The third-order valence-corrected chi connectivity index (χ3v) is 4.89. The molecule has 0 heterocycles. The SMILES string of the molecule is CCSC1CCCC1Nc1cc(Cl)ccc1[N+](=O)[O-]. The van der Waals surface area contributed by atoms with Gasteiger partial charge in [-0.15, -0.1) is 0 Å². The standard InChI is InChI=1S/C13H17ClN2O2S/c1-2-19-13-5-3-4-10(13)15-11-8-9(14)6-7-12(11)16(17)18/h6-8,10,13,15H,2-5H2,1H3. The van der Waals surface area contributed by atoms with Gasteiger partial charge in [0, 0.05) is 22.4 Å². The molecule has 4 nitrogen and oxygen atoms in total. The van der Waals surface area contributed by atoms with E-state index in [1.165, 1.54) is 18.9 Å². The van der Waals surface area contributed by atoms with E-state index in [1.54, 1.807) is 12.1 Å². The highest BCUT2D eigenvalue weighted by molar-refractivity contribution is 7.99. The van der Waals surface area contributed by atoms with Gasteiger partial charge in [-0.3, -0.25) is 10.1 Å². The Kier molecular flexibility index (Phi) is 4.93. The summed E-state index contributed by atoms with van der Waals surface area (Å²) in [5, 5.41) is 15.4. The van der Waals surface area contributed by atoms with Crippen LogP contribution in [0.2, 0.25) is 5.02 Å². The summed E-state index contributed by atoms with van der Waals surface area (Å²) in [7, 11) is 0. The Morgan fingerprint density at radius 1 is 1.53 bits per heavy atom. The number of halogens is 1. The lowest BCUT2D eigenvalue weighted by atomic mass is 10.2. The molecule has 0 amide bonds. The Bertz CT molecular complexity index is 470. The zero-order chi connectivity index (χ0) is 13.8. The molecule has 1 fully saturated rings. The van der Waals surface area contributed by atoms with Gasteiger partial charge in [0.2, 0.25) is 0 Å². The van der Waals surface area contributed by atoms with Crippen LogP contribution < -0.4 is 5.32 Å². The first-order valence-corrected chi connectivity index (χ1v) is 7.86. The summed E-state index contributed by atoms with van der Waals surface area (Å²) in [6, 6.07) is 4.95. The lowest BCUT2D eigenvalue weighted by Gasteiger charge is -2.21. The molecule has 0 bridgehead atoms. The molecule has 2 atom stereocenters. The minimum atomic E-state index is -0.365. The molecular formula is C13H17ClN2O2S. The quantitative estimate of drug-likeness (QED) is 0.649. The molecule has 0 saturated heterocycles. The van der Waals surface area contributed by atoms with Crippen LogP contribution in [-0.4, -0.2) is 22.0 Å². The molecule has 1 N–H and O–H groups in total. The fourth-order valence-electron chi connectivity index (χ4n) is 2.49. The average Bonchev–Trinajstić information content (AvgIpc) is 2.77. The molecular weight excluding hydrogens is 284 g/mol. The van der Waals surface area contributed by atoms with E-state index < -0.39 is 0 Å². The summed E-state index contributed by atoms with van der Waals surface area (Å²) in [4.78, 5) is 10.7. The summed E-state index contributed by atoms with van der Waals surface area (Å²) >= 11 is 7.86. The van der Waals surface area contributed by atoms with Crippen LogP contribution in [0.25, 0.3) is 0 Å². The Balaban J connectivity index is 2.17. The van der Waals surface area contributed by atoms with E-state index in [4.69, 9.17) is 11.6 Å². The normalized spacial score (nSPS) is 22.4. The maximum atomic E-state index is 11.0. The maximum absolute atomic E-state index is 11.0. The van der Waals surface area contributed by atoms with E-state index in [0.29, 0.717) is 22.0 Å². The summed E-state index contributed by atoms with van der Waals surface area (Å²) in [5.41, 5.74) is 0.627. The van der Waals surface area contributed by atoms with Gasteiger partial charge in [-0.25, -0.2) is 0 Å². The molecule has 1 aromatic carbocycles. The van der Waals surface area contributed by atoms with Gasteiger partial charge in [0.1, 0.15) is 5.69 Å². The van der Waals surface area contributed by atoms with Gasteiger partial charge in [-0.05, 0) is 30.7 Å². The smallest absolute Gasteiger partial charge is 0.292 e. The van der Waals surface area contributed by atoms with Crippen molar-refractivity contribution in [3.05, 3.63) is 33.3 Å². The van der Waals surface area contributed by atoms with Crippen molar-refractivity contribution < 1.29 is 4.92 Å². The summed E-state index contributed by atoms with van der Waals surface area (Å²) in [6.45, 7) is 2.14. The second kappa shape index (κ2) is 6.48. The predicted octanol–water partition coefficient (Wildman–Crippen LogP) is 4.33. The van der Waals surface area contributed by atoms with Gasteiger partial charge in [0.05, 0.1) is 4.92 Å². The molecule has 1 aliphatic rings. The lowest BCUT2D eigenvalue weighted by molar-refractivity contribution is -0.384. The molecule has 0 aliphatic heterocycles. The number of hydrogen-bond acceptors (Lipinski definition) is 4. The fraction of sp³-hybridized carbons (Fsp3) is 0.538. The topological polar surface area (TPSA) is 55.2 Å². The second-order valence-corrected chi connectivity index (χ2v) is 6.55. The lowest BCUT2D eigenvalue weighted by Crippen LogP contribution is -2.26. The minimum absolute atomic E-state index is 0.0940. The molecule has 1 aliphatic carbocycles. The highest BCUT2D eigenvalue weighted by atomic mass is 35.5. The van der Waals surface area contributed by atoms with Crippen molar-refractivity contribution in [1.29, 1.82) is 0 Å². The van der Waals surface area contributed by atoms with E-state index in [2.05, 4.69) is 12.2 Å². The Morgan fingerprint density at radius 3 is 3.00 bits per heavy atom. The first kappa shape index (κ1) is 14.5. The second-order valence-electron chi connectivity index (χ2n) is 4.59. The van der Waals surface area contributed by atoms with Gasteiger partial charge in [0.25, 0.3) is 5.69 Å². The Morgan fingerprint density at radius 2 is 2.32 bits per heavy atom. The van der Waals surface area contributed by atoms with Gasteiger partial charge in [0.15, 0.2) is 0 Å².